The Bertz CT molecular complexity index is 1030. The molecule has 0 spiro atoms. The molecule has 3 rings (SSSR count). The van der Waals surface area contributed by atoms with Gasteiger partial charge in [-0.05, 0) is 49.2 Å². The summed E-state index contributed by atoms with van der Waals surface area (Å²) in [5.74, 6) is -1.40. The van der Waals surface area contributed by atoms with Gasteiger partial charge in [0.2, 0.25) is 10.0 Å². The van der Waals surface area contributed by atoms with Crippen molar-refractivity contribution >= 4 is 33.1 Å². The Labute approximate surface area is 176 Å². The zero-order valence-electron chi connectivity index (χ0n) is 17.0. The second kappa shape index (κ2) is 8.51. The highest BCUT2D eigenvalue weighted by molar-refractivity contribution is 7.92. The van der Waals surface area contributed by atoms with Gasteiger partial charge < -0.3 is 15.7 Å². The fraction of sp³-hybridized carbons (Fsp3) is 0.381. The zero-order chi connectivity index (χ0) is 21.9. The van der Waals surface area contributed by atoms with Crippen LogP contribution in [-0.2, 0) is 21.4 Å². The van der Waals surface area contributed by atoms with Crippen LogP contribution in [0, 0.1) is 5.82 Å². The Kier molecular flexibility index (Phi) is 6.21. The van der Waals surface area contributed by atoms with E-state index in [1.807, 2.05) is 6.92 Å². The molecule has 1 atom stereocenters. The Morgan fingerprint density at radius 3 is 2.37 bits per heavy atom. The molecule has 1 aliphatic rings. The number of halogens is 1. The minimum Gasteiger partial charge on any atom is -0.481 e. The number of nitrogens with zero attached hydrogens (tertiary/aromatic N) is 1. The highest BCUT2D eigenvalue weighted by Crippen LogP contribution is 2.40. The predicted molar refractivity (Wildman–Crippen MR) is 116 cm³/mol. The van der Waals surface area contributed by atoms with Crippen molar-refractivity contribution in [3.05, 3.63) is 53.8 Å². The van der Waals surface area contributed by atoms with Crippen LogP contribution in [0.4, 0.5) is 21.5 Å². The molecule has 0 radical (unpaired) electrons. The van der Waals surface area contributed by atoms with Gasteiger partial charge in [0.25, 0.3) is 0 Å². The number of fused-ring (bicyclic) bond motifs is 1. The fourth-order valence-electron chi connectivity index (χ4n) is 3.70. The Balaban J connectivity index is 1.95. The summed E-state index contributed by atoms with van der Waals surface area (Å²) in [6, 6.07) is 10.8. The average molecular weight is 436 g/mol. The van der Waals surface area contributed by atoms with Crippen molar-refractivity contribution in [3.8, 4) is 0 Å². The van der Waals surface area contributed by atoms with Crippen LogP contribution in [0.3, 0.4) is 0 Å². The van der Waals surface area contributed by atoms with Crippen molar-refractivity contribution in [2.75, 3.05) is 20.7 Å². The third kappa shape index (κ3) is 4.67. The number of sulfonamides is 1. The molecule has 2 aromatic rings. The predicted octanol–water partition coefficient (Wildman–Crippen LogP) is 3.99. The molecule has 2 aromatic carbocycles. The molecule has 0 fully saturated rings. The van der Waals surface area contributed by atoms with Gasteiger partial charge in [-0.3, -0.25) is 9.10 Å². The second-order valence-corrected chi connectivity index (χ2v) is 9.60. The first-order valence-corrected chi connectivity index (χ1v) is 11.5. The monoisotopic (exact) mass is 435 g/mol. The van der Waals surface area contributed by atoms with Crippen LogP contribution in [0.25, 0.3) is 0 Å². The summed E-state index contributed by atoms with van der Waals surface area (Å²) in [5, 5.41) is 15.8. The topological polar surface area (TPSA) is 98.7 Å². The molecule has 1 heterocycles. The molecule has 1 unspecified atom stereocenters. The quantitative estimate of drug-likeness (QED) is 0.551. The normalized spacial score (nSPS) is 17.7. The molecule has 9 heteroatoms. The summed E-state index contributed by atoms with van der Waals surface area (Å²) < 4.78 is 40.1. The van der Waals surface area contributed by atoms with Crippen LogP contribution < -0.4 is 14.9 Å². The molecule has 3 N–H and O–H groups in total. The van der Waals surface area contributed by atoms with Crippen LogP contribution in [0.1, 0.15) is 38.7 Å². The first kappa shape index (κ1) is 21.9. The van der Waals surface area contributed by atoms with Gasteiger partial charge in [-0.1, -0.05) is 25.5 Å². The van der Waals surface area contributed by atoms with E-state index in [1.54, 1.807) is 37.3 Å². The van der Waals surface area contributed by atoms with E-state index in [9.17, 15) is 22.7 Å². The van der Waals surface area contributed by atoms with E-state index in [-0.39, 0.29) is 24.5 Å². The SMILES string of the molecule is CCCC1(CC(=O)O)Nc2ccc(N(Cc3ccc(F)cc3)S(=O)(=O)CC)cc2N1. The van der Waals surface area contributed by atoms with Crippen molar-refractivity contribution < 1.29 is 22.7 Å². The van der Waals surface area contributed by atoms with E-state index in [0.717, 1.165) is 12.1 Å². The molecule has 162 valence electrons. The van der Waals surface area contributed by atoms with Gasteiger partial charge in [-0.15, -0.1) is 0 Å². The van der Waals surface area contributed by atoms with E-state index >= 15 is 0 Å². The lowest BCUT2D eigenvalue weighted by Gasteiger charge is -2.29. The first-order valence-electron chi connectivity index (χ1n) is 9.85. The van der Waals surface area contributed by atoms with E-state index in [0.29, 0.717) is 23.4 Å². The number of hydrogen-bond donors (Lipinski definition) is 3. The molecule has 1 aliphatic heterocycles. The van der Waals surface area contributed by atoms with Gasteiger partial charge in [0.1, 0.15) is 11.5 Å². The van der Waals surface area contributed by atoms with E-state index < -0.39 is 21.7 Å². The van der Waals surface area contributed by atoms with Crippen LogP contribution in [0.5, 0.6) is 0 Å². The summed E-state index contributed by atoms with van der Waals surface area (Å²) in [4.78, 5) is 11.4. The number of nitrogens with one attached hydrogen (secondary N) is 2. The van der Waals surface area contributed by atoms with Gasteiger partial charge in [-0.2, -0.15) is 0 Å². The molecule has 0 aliphatic carbocycles. The number of aliphatic carboxylic acids is 1. The molecule has 0 amide bonds. The Morgan fingerprint density at radius 1 is 1.10 bits per heavy atom. The van der Waals surface area contributed by atoms with Crippen LogP contribution in [0.15, 0.2) is 42.5 Å². The summed E-state index contributed by atoms with van der Waals surface area (Å²) >= 11 is 0. The van der Waals surface area contributed by atoms with Gasteiger partial charge >= 0.3 is 5.97 Å². The minimum absolute atomic E-state index is 0.0674. The maximum atomic E-state index is 13.2. The molecule has 7 nitrogen and oxygen atoms in total. The van der Waals surface area contributed by atoms with E-state index in [4.69, 9.17) is 0 Å². The number of carboxylic acids is 1. The third-order valence-electron chi connectivity index (χ3n) is 5.11. The van der Waals surface area contributed by atoms with Gasteiger partial charge in [0.05, 0.1) is 35.8 Å². The van der Waals surface area contributed by atoms with Gasteiger partial charge in [-0.25, -0.2) is 12.8 Å². The number of rotatable bonds is 9. The highest BCUT2D eigenvalue weighted by atomic mass is 32.2. The Hall–Kier alpha value is -2.81. The molecular formula is C21H26FN3O4S. The van der Waals surface area contributed by atoms with Crippen molar-refractivity contribution in [2.24, 2.45) is 0 Å². The average Bonchev–Trinajstić information content (AvgIpc) is 3.03. The van der Waals surface area contributed by atoms with Gasteiger partial charge in [0.15, 0.2) is 0 Å². The molecule has 0 bridgehead atoms. The maximum Gasteiger partial charge on any atom is 0.307 e. The molecule has 0 saturated heterocycles. The largest absolute Gasteiger partial charge is 0.481 e. The number of anilines is 3. The number of hydrogen-bond acceptors (Lipinski definition) is 5. The summed E-state index contributed by atoms with van der Waals surface area (Å²) in [5.41, 5.74) is 1.68. The third-order valence-corrected chi connectivity index (χ3v) is 6.85. The van der Waals surface area contributed by atoms with Crippen LogP contribution >= 0.6 is 0 Å². The van der Waals surface area contributed by atoms with Crippen molar-refractivity contribution in [1.82, 2.24) is 0 Å². The van der Waals surface area contributed by atoms with Crippen molar-refractivity contribution in [2.45, 2.75) is 45.3 Å². The molecule has 30 heavy (non-hydrogen) atoms. The van der Waals surface area contributed by atoms with Crippen molar-refractivity contribution in [1.29, 1.82) is 0 Å². The summed E-state index contributed by atoms with van der Waals surface area (Å²) in [7, 11) is -3.60. The molecule has 0 aromatic heterocycles. The first-order chi connectivity index (χ1) is 14.2. The van der Waals surface area contributed by atoms with E-state index in [2.05, 4.69) is 10.6 Å². The zero-order valence-corrected chi connectivity index (χ0v) is 17.8. The van der Waals surface area contributed by atoms with Crippen LogP contribution in [-0.4, -0.2) is 30.9 Å². The number of benzene rings is 2. The lowest BCUT2D eigenvalue weighted by molar-refractivity contribution is -0.138. The van der Waals surface area contributed by atoms with Gasteiger partial charge in [0, 0.05) is 0 Å². The Morgan fingerprint density at radius 2 is 1.77 bits per heavy atom. The lowest BCUT2D eigenvalue weighted by Crippen LogP contribution is -2.43. The van der Waals surface area contributed by atoms with Crippen LogP contribution in [0.2, 0.25) is 0 Å². The standard InChI is InChI=1S/C21H26FN3O4S/c1-3-11-21(13-20(26)27)23-18-10-9-17(12-19(18)24-21)25(30(28,29)4-2)14-15-5-7-16(22)8-6-15/h5-10,12,23-24H,3-4,11,13-14H2,1-2H3,(H,26,27). The second-order valence-electron chi connectivity index (χ2n) is 7.42. The number of carboxylic acid groups (broad SMARTS) is 1. The lowest BCUT2D eigenvalue weighted by atomic mass is 10.0. The summed E-state index contributed by atoms with van der Waals surface area (Å²) in [6.45, 7) is 3.61. The number of carbonyl (C=O) groups is 1. The highest BCUT2D eigenvalue weighted by Gasteiger charge is 2.38. The molecular weight excluding hydrogens is 409 g/mol. The molecule has 0 saturated carbocycles. The van der Waals surface area contributed by atoms with Crippen molar-refractivity contribution in [3.63, 3.8) is 0 Å². The fourth-order valence-corrected chi connectivity index (χ4v) is 4.79. The smallest absolute Gasteiger partial charge is 0.307 e. The minimum atomic E-state index is -3.60. The maximum absolute atomic E-state index is 13.2. The summed E-state index contributed by atoms with van der Waals surface area (Å²) in [6.07, 6.45) is 1.25. The van der Waals surface area contributed by atoms with E-state index in [1.165, 1.54) is 16.4 Å².